The molecule has 28 heavy (non-hydrogen) atoms. The highest BCUT2D eigenvalue weighted by molar-refractivity contribution is 6.09. The molecule has 0 heterocycles. The fourth-order valence-corrected chi connectivity index (χ4v) is 2.49. The van der Waals surface area contributed by atoms with Gasteiger partial charge in [0.25, 0.3) is 5.91 Å². The van der Waals surface area contributed by atoms with Crippen molar-refractivity contribution in [1.82, 2.24) is 0 Å². The standard InChI is InChI=1S/C22H23FN2O3/c1-3-4-7-12-28-20-11-10-16(14-21(20)27-2)13-17(15-24)22(26)25-19-9-6-5-8-18(19)23/h5-6,8-11,13-14H,3-4,7,12H2,1-2H3,(H,25,26)/b17-13+. The van der Waals surface area contributed by atoms with Gasteiger partial charge < -0.3 is 14.8 Å². The zero-order valence-electron chi connectivity index (χ0n) is 16.0. The number of amides is 1. The molecule has 146 valence electrons. The summed E-state index contributed by atoms with van der Waals surface area (Å²) >= 11 is 0. The monoisotopic (exact) mass is 382 g/mol. The molecule has 1 amide bonds. The van der Waals surface area contributed by atoms with Crippen LogP contribution in [0.5, 0.6) is 11.5 Å². The molecule has 2 aromatic carbocycles. The second kappa shape index (κ2) is 10.7. The molecule has 2 rings (SSSR count). The van der Waals surface area contributed by atoms with Crippen LogP contribution in [0.15, 0.2) is 48.0 Å². The van der Waals surface area contributed by atoms with Gasteiger partial charge in [-0.25, -0.2) is 4.39 Å². The van der Waals surface area contributed by atoms with E-state index in [4.69, 9.17) is 9.47 Å². The summed E-state index contributed by atoms with van der Waals surface area (Å²) < 4.78 is 24.8. The molecule has 0 aliphatic carbocycles. The number of rotatable bonds is 9. The molecule has 0 fully saturated rings. The molecule has 1 N–H and O–H groups in total. The topological polar surface area (TPSA) is 71.3 Å². The smallest absolute Gasteiger partial charge is 0.266 e. The number of benzene rings is 2. The predicted octanol–water partition coefficient (Wildman–Crippen LogP) is 4.95. The van der Waals surface area contributed by atoms with Crippen LogP contribution in [-0.2, 0) is 4.79 Å². The number of anilines is 1. The maximum Gasteiger partial charge on any atom is 0.266 e. The van der Waals surface area contributed by atoms with Crippen LogP contribution in [-0.4, -0.2) is 19.6 Å². The Balaban J connectivity index is 2.15. The van der Waals surface area contributed by atoms with Crippen molar-refractivity contribution in [2.24, 2.45) is 0 Å². The van der Waals surface area contributed by atoms with Crippen LogP contribution < -0.4 is 14.8 Å². The molecular formula is C22H23FN2O3. The van der Waals surface area contributed by atoms with E-state index in [1.165, 1.54) is 31.4 Å². The fraction of sp³-hybridized carbons (Fsp3) is 0.273. The first-order valence-corrected chi connectivity index (χ1v) is 9.07. The molecule has 0 saturated heterocycles. The third kappa shape index (κ3) is 5.85. The number of halogens is 1. The number of unbranched alkanes of at least 4 members (excludes halogenated alkanes) is 2. The van der Waals surface area contributed by atoms with Crippen molar-refractivity contribution in [1.29, 1.82) is 5.26 Å². The second-order valence-electron chi connectivity index (χ2n) is 6.07. The van der Waals surface area contributed by atoms with Crippen molar-refractivity contribution in [2.75, 3.05) is 19.0 Å². The summed E-state index contributed by atoms with van der Waals surface area (Å²) in [5, 5.41) is 11.7. The van der Waals surface area contributed by atoms with Gasteiger partial charge in [0.1, 0.15) is 17.5 Å². The first kappa shape index (κ1) is 21.0. The van der Waals surface area contributed by atoms with Crippen molar-refractivity contribution in [2.45, 2.75) is 26.2 Å². The zero-order chi connectivity index (χ0) is 20.4. The van der Waals surface area contributed by atoms with E-state index in [-0.39, 0.29) is 11.3 Å². The number of ether oxygens (including phenoxy) is 2. The van der Waals surface area contributed by atoms with Crippen molar-refractivity contribution in [3.8, 4) is 17.6 Å². The summed E-state index contributed by atoms with van der Waals surface area (Å²) in [5.41, 5.74) is 0.460. The zero-order valence-corrected chi connectivity index (χ0v) is 16.0. The third-order valence-corrected chi connectivity index (χ3v) is 3.99. The predicted molar refractivity (Wildman–Crippen MR) is 107 cm³/mol. The number of nitrogens with zero attached hydrogens (tertiary/aromatic N) is 1. The van der Waals surface area contributed by atoms with Crippen LogP contribution >= 0.6 is 0 Å². The first-order chi connectivity index (χ1) is 13.6. The average molecular weight is 382 g/mol. The average Bonchev–Trinajstić information content (AvgIpc) is 2.71. The fourth-order valence-electron chi connectivity index (χ4n) is 2.49. The Morgan fingerprint density at radius 1 is 1.21 bits per heavy atom. The van der Waals surface area contributed by atoms with Crippen molar-refractivity contribution in [3.05, 3.63) is 59.4 Å². The quantitative estimate of drug-likeness (QED) is 0.378. The first-order valence-electron chi connectivity index (χ1n) is 9.07. The van der Waals surface area contributed by atoms with E-state index in [2.05, 4.69) is 12.2 Å². The van der Waals surface area contributed by atoms with Crippen LogP contribution in [0.3, 0.4) is 0 Å². The van der Waals surface area contributed by atoms with Crippen LogP contribution in [0, 0.1) is 17.1 Å². The lowest BCUT2D eigenvalue weighted by atomic mass is 10.1. The number of nitriles is 1. The van der Waals surface area contributed by atoms with Crippen molar-refractivity contribution < 1.29 is 18.7 Å². The molecule has 0 aromatic heterocycles. The highest BCUT2D eigenvalue weighted by Gasteiger charge is 2.13. The maximum absolute atomic E-state index is 13.7. The Morgan fingerprint density at radius 2 is 2.00 bits per heavy atom. The van der Waals surface area contributed by atoms with Gasteiger partial charge in [0, 0.05) is 0 Å². The van der Waals surface area contributed by atoms with Gasteiger partial charge in [0.05, 0.1) is 19.4 Å². The van der Waals surface area contributed by atoms with E-state index in [0.29, 0.717) is 23.7 Å². The normalized spacial score (nSPS) is 10.9. The second-order valence-corrected chi connectivity index (χ2v) is 6.07. The summed E-state index contributed by atoms with van der Waals surface area (Å²) in [6.45, 7) is 2.71. The molecule has 0 aliphatic rings. The highest BCUT2D eigenvalue weighted by Crippen LogP contribution is 2.29. The van der Waals surface area contributed by atoms with Gasteiger partial charge in [-0.05, 0) is 42.3 Å². The molecule has 0 aliphatic heterocycles. The third-order valence-electron chi connectivity index (χ3n) is 3.99. The molecule has 0 spiro atoms. The molecule has 0 bridgehead atoms. The number of hydrogen-bond donors (Lipinski definition) is 1. The number of nitrogens with one attached hydrogen (secondary N) is 1. The van der Waals surface area contributed by atoms with Gasteiger partial charge in [-0.3, -0.25) is 4.79 Å². The minimum Gasteiger partial charge on any atom is -0.493 e. The molecule has 0 radical (unpaired) electrons. The van der Waals surface area contributed by atoms with E-state index in [1.807, 2.05) is 6.07 Å². The van der Waals surface area contributed by atoms with E-state index in [9.17, 15) is 14.4 Å². The van der Waals surface area contributed by atoms with Crippen LogP contribution in [0.2, 0.25) is 0 Å². The van der Waals surface area contributed by atoms with Crippen molar-refractivity contribution >= 4 is 17.7 Å². The molecule has 5 nitrogen and oxygen atoms in total. The summed E-state index contributed by atoms with van der Waals surface area (Å²) in [4.78, 5) is 12.3. The Hall–Kier alpha value is -3.33. The summed E-state index contributed by atoms with van der Waals surface area (Å²) in [7, 11) is 1.53. The Bertz CT molecular complexity index is 888. The van der Waals surface area contributed by atoms with Crippen LogP contribution in [0.25, 0.3) is 6.08 Å². The molecule has 0 atom stereocenters. The minimum absolute atomic E-state index is 0.0158. The minimum atomic E-state index is -0.688. The van der Waals surface area contributed by atoms with Gasteiger partial charge >= 0.3 is 0 Å². The Kier molecular flexibility index (Phi) is 8.04. The van der Waals surface area contributed by atoms with Gasteiger partial charge in [-0.15, -0.1) is 0 Å². The number of carbonyl (C=O) groups excluding carboxylic acids is 1. The van der Waals surface area contributed by atoms with Gasteiger partial charge in [-0.2, -0.15) is 5.26 Å². The highest BCUT2D eigenvalue weighted by atomic mass is 19.1. The van der Waals surface area contributed by atoms with E-state index >= 15 is 0 Å². The van der Waals surface area contributed by atoms with Gasteiger partial charge in [0.2, 0.25) is 0 Å². The van der Waals surface area contributed by atoms with Gasteiger partial charge in [-0.1, -0.05) is 38.0 Å². The van der Waals surface area contributed by atoms with Crippen LogP contribution in [0.4, 0.5) is 10.1 Å². The molecule has 0 unspecified atom stereocenters. The lowest BCUT2D eigenvalue weighted by Gasteiger charge is -2.11. The molecule has 6 heteroatoms. The van der Waals surface area contributed by atoms with E-state index in [0.717, 1.165) is 19.3 Å². The van der Waals surface area contributed by atoms with Crippen LogP contribution in [0.1, 0.15) is 31.7 Å². The van der Waals surface area contributed by atoms with E-state index in [1.54, 1.807) is 24.3 Å². The Morgan fingerprint density at radius 3 is 2.68 bits per heavy atom. The SMILES string of the molecule is CCCCCOc1ccc(/C=C(\C#N)C(=O)Nc2ccccc2F)cc1OC. The number of para-hydroxylation sites is 1. The molecule has 2 aromatic rings. The summed E-state index contributed by atoms with van der Waals surface area (Å²) in [5.74, 6) is -0.145. The number of methoxy groups -OCH3 is 1. The molecular weight excluding hydrogens is 359 g/mol. The lowest BCUT2D eigenvalue weighted by molar-refractivity contribution is -0.112. The largest absolute Gasteiger partial charge is 0.493 e. The molecule has 0 saturated carbocycles. The van der Waals surface area contributed by atoms with Crippen molar-refractivity contribution in [3.63, 3.8) is 0 Å². The maximum atomic E-state index is 13.7. The summed E-state index contributed by atoms with van der Waals surface area (Å²) in [6.07, 6.45) is 4.57. The van der Waals surface area contributed by atoms with Gasteiger partial charge in [0.15, 0.2) is 11.5 Å². The number of carbonyl (C=O) groups is 1. The summed E-state index contributed by atoms with van der Waals surface area (Å²) in [6, 6.07) is 12.8. The Labute approximate surface area is 164 Å². The van der Waals surface area contributed by atoms with E-state index < -0.39 is 11.7 Å². The lowest BCUT2D eigenvalue weighted by Crippen LogP contribution is -2.14. The number of hydrogen-bond acceptors (Lipinski definition) is 4.